The molecular weight excluding hydrogens is 334 g/mol. The van der Waals surface area contributed by atoms with Crippen molar-refractivity contribution in [3.8, 4) is 0 Å². The zero-order valence-electron chi connectivity index (χ0n) is 14.4. The minimum Gasteiger partial charge on any atom is -0.343 e. The van der Waals surface area contributed by atoms with E-state index >= 15 is 0 Å². The molecule has 2 heterocycles. The van der Waals surface area contributed by atoms with Crippen LogP contribution >= 0.6 is 11.3 Å². The number of aryl methyl sites for hydroxylation is 1. The van der Waals surface area contributed by atoms with Crippen molar-refractivity contribution >= 4 is 23.2 Å². The largest absolute Gasteiger partial charge is 0.343 e. The van der Waals surface area contributed by atoms with E-state index in [1.165, 1.54) is 4.88 Å². The van der Waals surface area contributed by atoms with Gasteiger partial charge in [0.05, 0.1) is 6.54 Å². The molecule has 1 aliphatic heterocycles. The SMILES string of the molecule is Cc1cccc(C(=O)NCC(=O)N2CCN(Cc3cccs3)CC2)c1. The van der Waals surface area contributed by atoms with Gasteiger partial charge in [0.2, 0.25) is 5.91 Å². The van der Waals surface area contributed by atoms with Crippen molar-refractivity contribution in [2.45, 2.75) is 13.5 Å². The van der Waals surface area contributed by atoms with Crippen molar-refractivity contribution in [1.29, 1.82) is 0 Å². The monoisotopic (exact) mass is 357 g/mol. The fourth-order valence-electron chi connectivity index (χ4n) is 2.93. The summed E-state index contributed by atoms with van der Waals surface area (Å²) in [5.41, 5.74) is 1.62. The highest BCUT2D eigenvalue weighted by molar-refractivity contribution is 7.09. The van der Waals surface area contributed by atoms with Crippen LogP contribution in [0.3, 0.4) is 0 Å². The van der Waals surface area contributed by atoms with E-state index in [1.54, 1.807) is 17.4 Å². The third-order valence-corrected chi connectivity index (χ3v) is 5.23. The van der Waals surface area contributed by atoms with Gasteiger partial charge < -0.3 is 10.2 Å². The van der Waals surface area contributed by atoms with Crippen LogP contribution in [0.4, 0.5) is 0 Å². The topological polar surface area (TPSA) is 52.7 Å². The van der Waals surface area contributed by atoms with Gasteiger partial charge in [0, 0.05) is 43.2 Å². The molecule has 1 fully saturated rings. The van der Waals surface area contributed by atoms with Crippen molar-refractivity contribution in [3.63, 3.8) is 0 Å². The number of amides is 2. The number of nitrogens with zero attached hydrogens (tertiary/aromatic N) is 2. The fraction of sp³-hybridized carbons (Fsp3) is 0.368. The predicted octanol–water partition coefficient (Wildman–Crippen LogP) is 2.13. The number of hydrogen-bond acceptors (Lipinski definition) is 4. The first-order chi connectivity index (χ1) is 12.1. The van der Waals surface area contributed by atoms with Crippen LogP contribution in [-0.2, 0) is 11.3 Å². The third kappa shape index (κ3) is 4.90. The molecule has 6 heteroatoms. The maximum absolute atomic E-state index is 12.3. The maximum Gasteiger partial charge on any atom is 0.251 e. The molecule has 1 aromatic heterocycles. The summed E-state index contributed by atoms with van der Waals surface area (Å²) in [5, 5.41) is 4.82. The molecule has 2 aromatic rings. The summed E-state index contributed by atoms with van der Waals surface area (Å²) in [6.45, 7) is 6.11. The molecule has 1 N–H and O–H groups in total. The van der Waals surface area contributed by atoms with Crippen LogP contribution in [0.5, 0.6) is 0 Å². The summed E-state index contributed by atoms with van der Waals surface area (Å²) in [6, 6.07) is 11.6. The Morgan fingerprint density at radius 3 is 2.60 bits per heavy atom. The molecule has 25 heavy (non-hydrogen) atoms. The molecule has 1 saturated heterocycles. The fourth-order valence-corrected chi connectivity index (χ4v) is 3.68. The number of carbonyl (C=O) groups excluding carboxylic acids is 2. The number of hydrogen-bond donors (Lipinski definition) is 1. The Morgan fingerprint density at radius 2 is 1.92 bits per heavy atom. The highest BCUT2D eigenvalue weighted by atomic mass is 32.1. The van der Waals surface area contributed by atoms with Crippen LogP contribution < -0.4 is 5.32 Å². The molecule has 2 amide bonds. The molecule has 5 nitrogen and oxygen atoms in total. The number of carbonyl (C=O) groups is 2. The van der Waals surface area contributed by atoms with Gasteiger partial charge in [-0.25, -0.2) is 0 Å². The average Bonchev–Trinajstić information content (AvgIpc) is 3.13. The molecule has 132 valence electrons. The molecule has 0 bridgehead atoms. The standard InChI is InChI=1S/C19H23N3O2S/c1-15-4-2-5-16(12-15)19(24)20-13-18(23)22-9-7-21(8-10-22)14-17-6-3-11-25-17/h2-6,11-12H,7-10,13-14H2,1H3,(H,20,24). The molecular formula is C19H23N3O2S. The summed E-state index contributed by atoms with van der Waals surface area (Å²) in [6.07, 6.45) is 0. The van der Waals surface area contributed by atoms with E-state index in [0.29, 0.717) is 18.7 Å². The Bertz CT molecular complexity index is 722. The lowest BCUT2D eigenvalue weighted by molar-refractivity contribution is -0.131. The second kappa shape index (κ2) is 8.27. The Balaban J connectivity index is 1.42. The second-order valence-corrected chi connectivity index (χ2v) is 7.32. The van der Waals surface area contributed by atoms with Gasteiger partial charge in [0.1, 0.15) is 0 Å². The zero-order chi connectivity index (χ0) is 17.6. The number of thiophene rings is 1. The number of benzene rings is 1. The first-order valence-electron chi connectivity index (χ1n) is 8.49. The lowest BCUT2D eigenvalue weighted by Gasteiger charge is -2.34. The van der Waals surface area contributed by atoms with Crippen LogP contribution in [0.1, 0.15) is 20.8 Å². The quantitative estimate of drug-likeness (QED) is 0.892. The Labute approximate surface area is 152 Å². The molecule has 0 unspecified atom stereocenters. The predicted molar refractivity (Wildman–Crippen MR) is 99.7 cm³/mol. The minimum atomic E-state index is -0.201. The maximum atomic E-state index is 12.3. The van der Waals surface area contributed by atoms with Gasteiger partial charge in [-0.2, -0.15) is 0 Å². The van der Waals surface area contributed by atoms with Crippen molar-refractivity contribution in [2.75, 3.05) is 32.7 Å². The molecule has 1 aromatic carbocycles. The van der Waals surface area contributed by atoms with Gasteiger partial charge in [-0.05, 0) is 30.5 Å². The molecule has 0 spiro atoms. The normalized spacial score (nSPS) is 15.2. The summed E-state index contributed by atoms with van der Waals surface area (Å²) in [5.74, 6) is -0.217. The van der Waals surface area contributed by atoms with E-state index in [2.05, 4.69) is 27.7 Å². The Morgan fingerprint density at radius 1 is 1.12 bits per heavy atom. The van der Waals surface area contributed by atoms with E-state index in [9.17, 15) is 9.59 Å². The number of rotatable bonds is 5. The first kappa shape index (κ1) is 17.6. The Hall–Kier alpha value is -2.18. The van der Waals surface area contributed by atoms with Gasteiger partial charge >= 0.3 is 0 Å². The third-order valence-electron chi connectivity index (χ3n) is 4.36. The van der Waals surface area contributed by atoms with Gasteiger partial charge in [-0.15, -0.1) is 11.3 Å². The van der Waals surface area contributed by atoms with E-state index in [4.69, 9.17) is 0 Å². The van der Waals surface area contributed by atoms with Crippen LogP contribution in [0.2, 0.25) is 0 Å². The summed E-state index contributed by atoms with van der Waals surface area (Å²) >= 11 is 1.76. The summed E-state index contributed by atoms with van der Waals surface area (Å²) < 4.78 is 0. The van der Waals surface area contributed by atoms with Gasteiger partial charge in [0.15, 0.2) is 0 Å². The van der Waals surface area contributed by atoms with Crippen LogP contribution in [-0.4, -0.2) is 54.3 Å². The molecule has 3 rings (SSSR count). The van der Waals surface area contributed by atoms with Gasteiger partial charge in [-0.3, -0.25) is 14.5 Å². The van der Waals surface area contributed by atoms with E-state index in [1.807, 2.05) is 30.0 Å². The highest BCUT2D eigenvalue weighted by Gasteiger charge is 2.21. The van der Waals surface area contributed by atoms with Crippen molar-refractivity contribution < 1.29 is 9.59 Å². The molecule has 0 atom stereocenters. The van der Waals surface area contributed by atoms with E-state index in [-0.39, 0.29) is 18.4 Å². The zero-order valence-corrected chi connectivity index (χ0v) is 15.2. The van der Waals surface area contributed by atoms with Gasteiger partial charge in [0.25, 0.3) is 5.91 Å². The number of piperazine rings is 1. The van der Waals surface area contributed by atoms with Crippen molar-refractivity contribution in [1.82, 2.24) is 15.1 Å². The van der Waals surface area contributed by atoms with Crippen molar-refractivity contribution in [3.05, 3.63) is 57.8 Å². The summed E-state index contributed by atoms with van der Waals surface area (Å²) in [7, 11) is 0. The van der Waals surface area contributed by atoms with Crippen molar-refractivity contribution in [2.24, 2.45) is 0 Å². The smallest absolute Gasteiger partial charge is 0.251 e. The molecule has 1 aliphatic rings. The molecule has 0 radical (unpaired) electrons. The van der Waals surface area contributed by atoms with E-state index < -0.39 is 0 Å². The van der Waals surface area contributed by atoms with Crippen LogP contribution in [0.25, 0.3) is 0 Å². The Kier molecular flexibility index (Phi) is 5.83. The van der Waals surface area contributed by atoms with Gasteiger partial charge in [-0.1, -0.05) is 23.8 Å². The molecule has 0 aliphatic carbocycles. The van der Waals surface area contributed by atoms with E-state index in [0.717, 1.165) is 25.2 Å². The van der Waals surface area contributed by atoms with Crippen LogP contribution in [0, 0.1) is 6.92 Å². The number of nitrogens with one attached hydrogen (secondary N) is 1. The lowest BCUT2D eigenvalue weighted by Crippen LogP contribution is -2.50. The minimum absolute atomic E-state index is 0.0169. The first-order valence-corrected chi connectivity index (χ1v) is 9.37. The van der Waals surface area contributed by atoms with Crippen LogP contribution in [0.15, 0.2) is 41.8 Å². The molecule has 0 saturated carbocycles. The lowest BCUT2D eigenvalue weighted by atomic mass is 10.1. The summed E-state index contributed by atoms with van der Waals surface area (Å²) in [4.78, 5) is 30.0. The average molecular weight is 357 g/mol. The highest BCUT2D eigenvalue weighted by Crippen LogP contribution is 2.13. The second-order valence-electron chi connectivity index (χ2n) is 6.29.